The first-order chi connectivity index (χ1) is 7.02. The molecule has 1 aliphatic rings. The average Bonchev–Trinajstić information content (AvgIpc) is 2.54. The predicted octanol–water partition coefficient (Wildman–Crippen LogP) is 3.21. The number of aromatic carboxylic acids is 1. The van der Waals surface area contributed by atoms with Gasteiger partial charge < -0.3 is 5.11 Å². The summed E-state index contributed by atoms with van der Waals surface area (Å²) in [6.07, 6.45) is 0. The monoisotopic (exact) mass is 222 g/mol. The standard InChI is InChI=1S/C12H14O2S/c1-6-4-9(12(13)14)8(3)10-7(2)5-15-11(6)10/h4,7H,5H2,1-3H3,(H,13,14). The molecule has 1 aliphatic heterocycles. The minimum atomic E-state index is -0.817. The summed E-state index contributed by atoms with van der Waals surface area (Å²) < 4.78 is 0. The van der Waals surface area contributed by atoms with Gasteiger partial charge in [0, 0.05) is 10.6 Å². The van der Waals surface area contributed by atoms with Gasteiger partial charge in [-0.1, -0.05) is 6.92 Å². The van der Waals surface area contributed by atoms with E-state index in [9.17, 15) is 4.79 Å². The molecule has 0 aliphatic carbocycles. The Morgan fingerprint density at radius 2 is 2.20 bits per heavy atom. The number of hydrogen-bond donors (Lipinski definition) is 1. The van der Waals surface area contributed by atoms with E-state index >= 15 is 0 Å². The first-order valence-corrected chi connectivity index (χ1v) is 6.01. The third-order valence-corrected chi connectivity index (χ3v) is 4.47. The highest BCUT2D eigenvalue weighted by molar-refractivity contribution is 7.99. The zero-order valence-corrected chi connectivity index (χ0v) is 9.94. The van der Waals surface area contributed by atoms with Crippen LogP contribution in [0.15, 0.2) is 11.0 Å². The number of carboxylic acids is 1. The maximum Gasteiger partial charge on any atom is 0.335 e. The van der Waals surface area contributed by atoms with E-state index in [1.165, 1.54) is 10.5 Å². The van der Waals surface area contributed by atoms with E-state index in [1.807, 2.05) is 25.6 Å². The fraction of sp³-hybridized carbons (Fsp3) is 0.417. The Morgan fingerprint density at radius 3 is 2.80 bits per heavy atom. The van der Waals surface area contributed by atoms with Crippen LogP contribution in [0.5, 0.6) is 0 Å². The molecular formula is C12H14O2S. The second kappa shape index (κ2) is 3.56. The van der Waals surface area contributed by atoms with Gasteiger partial charge in [-0.2, -0.15) is 0 Å². The number of fused-ring (bicyclic) bond motifs is 1. The van der Waals surface area contributed by atoms with Gasteiger partial charge >= 0.3 is 5.97 Å². The third-order valence-electron chi connectivity index (χ3n) is 2.97. The van der Waals surface area contributed by atoms with E-state index in [0.29, 0.717) is 11.5 Å². The maximum atomic E-state index is 11.1. The lowest BCUT2D eigenvalue weighted by Crippen LogP contribution is -2.05. The molecule has 1 aromatic carbocycles. The van der Waals surface area contributed by atoms with E-state index < -0.39 is 5.97 Å². The van der Waals surface area contributed by atoms with Crippen LogP contribution in [0.4, 0.5) is 0 Å². The quantitative estimate of drug-likeness (QED) is 0.792. The molecule has 80 valence electrons. The van der Waals surface area contributed by atoms with Crippen LogP contribution >= 0.6 is 11.8 Å². The van der Waals surface area contributed by atoms with Gasteiger partial charge in [0.25, 0.3) is 0 Å². The number of thioether (sulfide) groups is 1. The molecule has 0 bridgehead atoms. The van der Waals surface area contributed by atoms with Gasteiger partial charge in [-0.15, -0.1) is 11.8 Å². The minimum Gasteiger partial charge on any atom is -0.478 e. The van der Waals surface area contributed by atoms with E-state index in [1.54, 1.807) is 6.07 Å². The van der Waals surface area contributed by atoms with Crippen LogP contribution in [-0.2, 0) is 0 Å². The molecular weight excluding hydrogens is 208 g/mol. The van der Waals surface area contributed by atoms with Crippen LogP contribution in [0.1, 0.15) is 39.9 Å². The topological polar surface area (TPSA) is 37.3 Å². The van der Waals surface area contributed by atoms with Crippen LogP contribution in [-0.4, -0.2) is 16.8 Å². The lowest BCUT2D eigenvalue weighted by Gasteiger charge is -2.12. The second-order valence-electron chi connectivity index (χ2n) is 4.13. The SMILES string of the molecule is Cc1cc(C(=O)O)c(C)c2c1SCC2C. The molecule has 0 spiro atoms. The maximum absolute atomic E-state index is 11.1. The molecule has 0 fully saturated rings. The Bertz CT molecular complexity index is 438. The van der Waals surface area contributed by atoms with Gasteiger partial charge in [-0.3, -0.25) is 0 Å². The molecule has 1 N–H and O–H groups in total. The average molecular weight is 222 g/mol. The van der Waals surface area contributed by atoms with E-state index in [4.69, 9.17) is 5.11 Å². The van der Waals surface area contributed by atoms with Crippen molar-refractivity contribution in [2.24, 2.45) is 0 Å². The molecule has 1 heterocycles. The summed E-state index contributed by atoms with van der Waals surface area (Å²) in [7, 11) is 0. The van der Waals surface area contributed by atoms with E-state index in [-0.39, 0.29) is 0 Å². The molecule has 2 nitrogen and oxygen atoms in total. The highest BCUT2D eigenvalue weighted by Crippen LogP contribution is 2.44. The number of carboxylic acid groups (broad SMARTS) is 1. The summed E-state index contributed by atoms with van der Waals surface area (Å²) in [4.78, 5) is 12.4. The Morgan fingerprint density at radius 1 is 1.53 bits per heavy atom. The van der Waals surface area contributed by atoms with Crippen LogP contribution in [0.2, 0.25) is 0 Å². The van der Waals surface area contributed by atoms with Crippen molar-refractivity contribution in [3.8, 4) is 0 Å². The first-order valence-electron chi connectivity index (χ1n) is 5.02. The van der Waals surface area contributed by atoms with Crippen LogP contribution in [0, 0.1) is 13.8 Å². The van der Waals surface area contributed by atoms with Gasteiger partial charge in [0.15, 0.2) is 0 Å². The Kier molecular flexibility index (Phi) is 2.51. The number of benzene rings is 1. The number of hydrogen-bond acceptors (Lipinski definition) is 2. The van der Waals surface area contributed by atoms with Crippen molar-refractivity contribution in [3.05, 3.63) is 28.3 Å². The molecule has 1 unspecified atom stereocenters. The van der Waals surface area contributed by atoms with Crippen molar-refractivity contribution in [2.75, 3.05) is 5.75 Å². The van der Waals surface area contributed by atoms with Crippen molar-refractivity contribution in [3.63, 3.8) is 0 Å². The molecule has 0 aromatic heterocycles. The normalized spacial score (nSPS) is 19.0. The molecule has 0 saturated carbocycles. The van der Waals surface area contributed by atoms with Gasteiger partial charge in [-0.25, -0.2) is 4.79 Å². The molecule has 1 aromatic rings. The Hall–Kier alpha value is -0.960. The number of carbonyl (C=O) groups is 1. The lowest BCUT2D eigenvalue weighted by molar-refractivity contribution is 0.0695. The predicted molar refractivity (Wildman–Crippen MR) is 62.0 cm³/mol. The molecule has 3 heteroatoms. The van der Waals surface area contributed by atoms with Gasteiger partial charge in [-0.05, 0) is 42.5 Å². The molecule has 0 amide bonds. The summed E-state index contributed by atoms with van der Waals surface area (Å²) in [5, 5.41) is 9.10. The van der Waals surface area contributed by atoms with Crippen LogP contribution in [0.25, 0.3) is 0 Å². The van der Waals surface area contributed by atoms with Crippen molar-refractivity contribution in [2.45, 2.75) is 31.6 Å². The van der Waals surface area contributed by atoms with E-state index in [0.717, 1.165) is 16.9 Å². The highest BCUT2D eigenvalue weighted by atomic mass is 32.2. The zero-order valence-electron chi connectivity index (χ0n) is 9.13. The Labute approximate surface area is 93.7 Å². The fourth-order valence-electron chi connectivity index (χ4n) is 2.22. The Balaban J connectivity index is 2.71. The summed E-state index contributed by atoms with van der Waals surface area (Å²) in [5.74, 6) is 0.727. The van der Waals surface area contributed by atoms with Crippen molar-refractivity contribution in [1.82, 2.24) is 0 Å². The van der Waals surface area contributed by atoms with Gasteiger partial charge in [0.1, 0.15) is 0 Å². The molecule has 0 radical (unpaired) electrons. The highest BCUT2D eigenvalue weighted by Gasteiger charge is 2.26. The van der Waals surface area contributed by atoms with Crippen LogP contribution in [0.3, 0.4) is 0 Å². The summed E-state index contributed by atoms with van der Waals surface area (Å²) in [5.41, 5.74) is 3.75. The minimum absolute atomic E-state index is 0.459. The van der Waals surface area contributed by atoms with Gasteiger partial charge in [0.2, 0.25) is 0 Å². The largest absolute Gasteiger partial charge is 0.478 e. The fourth-order valence-corrected chi connectivity index (χ4v) is 3.60. The third kappa shape index (κ3) is 1.55. The lowest BCUT2D eigenvalue weighted by atomic mass is 9.92. The number of aryl methyl sites for hydroxylation is 1. The molecule has 1 atom stereocenters. The van der Waals surface area contributed by atoms with Gasteiger partial charge in [0.05, 0.1) is 5.56 Å². The van der Waals surface area contributed by atoms with Crippen molar-refractivity contribution < 1.29 is 9.90 Å². The van der Waals surface area contributed by atoms with Crippen molar-refractivity contribution >= 4 is 17.7 Å². The summed E-state index contributed by atoms with van der Waals surface area (Å²) in [6, 6.07) is 1.79. The van der Waals surface area contributed by atoms with E-state index in [2.05, 4.69) is 6.92 Å². The zero-order chi connectivity index (χ0) is 11.2. The molecule has 0 saturated heterocycles. The second-order valence-corrected chi connectivity index (χ2v) is 5.16. The smallest absolute Gasteiger partial charge is 0.335 e. The summed E-state index contributed by atoms with van der Waals surface area (Å²) in [6.45, 7) is 6.08. The first kappa shape index (κ1) is 10.6. The van der Waals surface area contributed by atoms with Crippen LogP contribution < -0.4 is 0 Å². The van der Waals surface area contributed by atoms with Crippen molar-refractivity contribution in [1.29, 1.82) is 0 Å². The molecule has 15 heavy (non-hydrogen) atoms. The molecule has 2 rings (SSSR count). The summed E-state index contributed by atoms with van der Waals surface area (Å²) >= 11 is 1.84. The number of rotatable bonds is 1.